The third kappa shape index (κ3) is 6.89. The lowest BCUT2D eigenvalue weighted by Gasteiger charge is -2.25. The molecule has 36 heavy (non-hydrogen) atoms. The highest BCUT2D eigenvalue weighted by Crippen LogP contribution is 2.24. The molecule has 1 aliphatic heterocycles. The number of rotatable bonds is 11. The first-order valence-electron chi connectivity index (χ1n) is 12.4. The van der Waals surface area contributed by atoms with Gasteiger partial charge in [-0.15, -0.1) is 11.3 Å². The van der Waals surface area contributed by atoms with Crippen LogP contribution in [0.25, 0.3) is 10.2 Å². The van der Waals surface area contributed by atoms with Gasteiger partial charge in [0.15, 0.2) is 5.01 Å². The molecular weight excluding hydrogens is 476 g/mol. The van der Waals surface area contributed by atoms with Crippen LogP contribution < -0.4 is 10.6 Å². The van der Waals surface area contributed by atoms with Crippen molar-refractivity contribution in [2.24, 2.45) is 5.92 Å². The summed E-state index contributed by atoms with van der Waals surface area (Å²) >= 11 is 1.34. The van der Waals surface area contributed by atoms with Crippen molar-refractivity contribution in [3.63, 3.8) is 0 Å². The van der Waals surface area contributed by atoms with Crippen LogP contribution >= 0.6 is 11.3 Å². The number of hydrogen-bond donors (Lipinski definition) is 3. The van der Waals surface area contributed by atoms with Crippen LogP contribution in [0.15, 0.2) is 54.6 Å². The number of amides is 2. The van der Waals surface area contributed by atoms with E-state index >= 15 is 0 Å². The number of Topliss-reactive ketones (excluding diaryl/α,β-unsaturated/α-hetero) is 1. The fourth-order valence-electron chi connectivity index (χ4n) is 4.46. The number of fused-ring (bicyclic) bond motifs is 1. The van der Waals surface area contributed by atoms with E-state index in [9.17, 15) is 19.5 Å². The van der Waals surface area contributed by atoms with E-state index in [0.29, 0.717) is 43.9 Å². The molecule has 1 unspecified atom stereocenters. The lowest BCUT2D eigenvalue weighted by atomic mass is 9.97. The van der Waals surface area contributed by atoms with Gasteiger partial charge in [0.1, 0.15) is 0 Å². The molecule has 0 aliphatic carbocycles. The Morgan fingerprint density at radius 3 is 2.61 bits per heavy atom. The van der Waals surface area contributed by atoms with E-state index in [1.807, 2.05) is 54.6 Å². The number of aromatic nitrogens is 1. The predicted octanol–water partition coefficient (Wildman–Crippen LogP) is 4.31. The Bertz CT molecular complexity index is 1140. The van der Waals surface area contributed by atoms with Crippen molar-refractivity contribution >= 4 is 39.3 Å². The number of carbonyl (C=O) groups is 3. The second-order valence-electron chi connectivity index (χ2n) is 9.14. The summed E-state index contributed by atoms with van der Waals surface area (Å²) in [5.41, 5.74) is 1.70. The topological polar surface area (TPSA) is 112 Å². The molecule has 3 aromatic rings. The van der Waals surface area contributed by atoms with Gasteiger partial charge in [-0.05, 0) is 56.3 Å². The van der Waals surface area contributed by atoms with Crippen molar-refractivity contribution in [2.75, 3.05) is 19.6 Å². The summed E-state index contributed by atoms with van der Waals surface area (Å²) in [6, 6.07) is 16.4. The van der Waals surface area contributed by atoms with Gasteiger partial charge in [-0.25, -0.2) is 9.78 Å². The van der Waals surface area contributed by atoms with E-state index in [-0.39, 0.29) is 17.6 Å². The Hall–Kier alpha value is -3.30. The Kier molecular flexibility index (Phi) is 9.02. The van der Waals surface area contributed by atoms with Crippen LogP contribution in [0.2, 0.25) is 0 Å². The van der Waals surface area contributed by atoms with Gasteiger partial charge >= 0.3 is 6.09 Å². The van der Waals surface area contributed by atoms with Crippen LogP contribution in [0.3, 0.4) is 0 Å². The first-order chi connectivity index (χ1) is 17.5. The number of nitrogens with one attached hydrogen (secondary N) is 2. The molecule has 190 valence electrons. The summed E-state index contributed by atoms with van der Waals surface area (Å²) in [5, 5.41) is 16.2. The predicted molar refractivity (Wildman–Crippen MR) is 140 cm³/mol. The van der Waals surface area contributed by atoms with Gasteiger partial charge in [0.05, 0.1) is 22.2 Å². The maximum absolute atomic E-state index is 13.4. The molecule has 8 nitrogen and oxygen atoms in total. The second-order valence-corrected chi connectivity index (χ2v) is 10.2. The summed E-state index contributed by atoms with van der Waals surface area (Å²) < 4.78 is 0.931. The highest BCUT2D eigenvalue weighted by atomic mass is 32.1. The number of hydrogen-bond acceptors (Lipinski definition) is 6. The molecule has 0 spiro atoms. The summed E-state index contributed by atoms with van der Waals surface area (Å²) in [6.45, 7) is 2.18. The van der Waals surface area contributed by atoms with Crippen molar-refractivity contribution in [3.8, 4) is 0 Å². The number of nitrogens with zero attached hydrogens (tertiary/aromatic N) is 2. The molecule has 1 aliphatic rings. The van der Waals surface area contributed by atoms with Crippen molar-refractivity contribution in [1.82, 2.24) is 20.5 Å². The van der Waals surface area contributed by atoms with Crippen LogP contribution in [-0.4, -0.2) is 58.5 Å². The van der Waals surface area contributed by atoms with E-state index < -0.39 is 12.1 Å². The fraction of sp³-hybridized carbons (Fsp3) is 0.407. The van der Waals surface area contributed by atoms with E-state index in [0.717, 1.165) is 35.2 Å². The molecule has 2 atom stereocenters. The number of para-hydroxylation sites is 1. The van der Waals surface area contributed by atoms with Crippen LogP contribution in [0.1, 0.15) is 47.5 Å². The molecule has 1 aromatic heterocycles. The minimum atomic E-state index is -0.973. The quantitative estimate of drug-likeness (QED) is 0.263. The minimum absolute atomic E-state index is 0.113. The molecular formula is C27H32N4O4S. The normalized spacial score (nSPS) is 16.4. The molecule has 1 fully saturated rings. The van der Waals surface area contributed by atoms with Gasteiger partial charge in [-0.2, -0.15) is 0 Å². The Balaban J connectivity index is 1.39. The standard InChI is InChI=1S/C27H32N4O4S/c32-24(26-30-21-12-4-5-14-23(21)36-26)22(29-25(33)20-11-8-15-28-17-20)13-6-7-16-31(27(34)35)18-19-9-2-1-3-10-19/h1-5,9-10,12,14,20,22,28H,6-8,11,13,15-18H2,(H,29,33)(H,34,35)/t20-,22?/m1/s1. The fourth-order valence-corrected chi connectivity index (χ4v) is 5.42. The maximum Gasteiger partial charge on any atom is 0.407 e. The van der Waals surface area contributed by atoms with Crippen LogP contribution in [0.5, 0.6) is 0 Å². The zero-order chi connectivity index (χ0) is 25.3. The second kappa shape index (κ2) is 12.6. The average Bonchev–Trinajstić information content (AvgIpc) is 3.34. The highest BCUT2D eigenvalue weighted by molar-refractivity contribution is 7.20. The smallest absolute Gasteiger partial charge is 0.407 e. The van der Waals surface area contributed by atoms with Gasteiger partial charge in [-0.3, -0.25) is 9.59 Å². The summed E-state index contributed by atoms with van der Waals surface area (Å²) in [7, 11) is 0. The molecule has 4 rings (SSSR count). The van der Waals surface area contributed by atoms with Gasteiger partial charge in [0.25, 0.3) is 0 Å². The molecule has 2 amide bonds. The number of ketones is 1. The molecule has 9 heteroatoms. The monoisotopic (exact) mass is 508 g/mol. The zero-order valence-electron chi connectivity index (χ0n) is 20.2. The van der Waals surface area contributed by atoms with Crippen LogP contribution in [0, 0.1) is 5.92 Å². The maximum atomic E-state index is 13.4. The van der Waals surface area contributed by atoms with E-state index in [1.165, 1.54) is 16.2 Å². The number of thiazole rings is 1. The van der Waals surface area contributed by atoms with Crippen molar-refractivity contribution in [1.29, 1.82) is 0 Å². The Labute approximate surface area is 214 Å². The lowest BCUT2D eigenvalue weighted by Crippen LogP contribution is -2.47. The number of benzene rings is 2. The van der Waals surface area contributed by atoms with Crippen LogP contribution in [-0.2, 0) is 11.3 Å². The third-order valence-corrected chi connectivity index (χ3v) is 7.51. The van der Waals surface area contributed by atoms with Gasteiger partial charge in [-0.1, -0.05) is 42.5 Å². The van der Waals surface area contributed by atoms with Gasteiger partial charge in [0.2, 0.25) is 11.7 Å². The largest absolute Gasteiger partial charge is 0.465 e. The average molecular weight is 509 g/mol. The summed E-state index contributed by atoms with van der Waals surface area (Å²) in [6.07, 6.45) is 2.38. The lowest BCUT2D eigenvalue weighted by molar-refractivity contribution is -0.126. The van der Waals surface area contributed by atoms with Crippen molar-refractivity contribution in [3.05, 3.63) is 65.2 Å². The SMILES string of the molecule is O=C(c1nc2ccccc2s1)C(CCCCN(Cc1ccccc1)C(=O)O)NC(=O)[C@@H]1CCCNC1. The molecule has 2 aromatic carbocycles. The first-order valence-corrected chi connectivity index (χ1v) is 13.3. The van der Waals surface area contributed by atoms with E-state index in [4.69, 9.17) is 0 Å². The van der Waals surface area contributed by atoms with Crippen molar-refractivity contribution < 1.29 is 19.5 Å². The number of carbonyl (C=O) groups excluding carboxylic acids is 2. The Morgan fingerprint density at radius 1 is 1.11 bits per heavy atom. The highest BCUT2D eigenvalue weighted by Gasteiger charge is 2.28. The minimum Gasteiger partial charge on any atom is -0.465 e. The molecule has 2 heterocycles. The Morgan fingerprint density at radius 2 is 1.89 bits per heavy atom. The van der Waals surface area contributed by atoms with Crippen LogP contribution in [0.4, 0.5) is 4.79 Å². The molecule has 0 saturated carbocycles. The van der Waals surface area contributed by atoms with E-state index in [2.05, 4.69) is 15.6 Å². The van der Waals surface area contributed by atoms with Gasteiger partial charge < -0.3 is 20.6 Å². The molecule has 1 saturated heterocycles. The third-order valence-electron chi connectivity index (χ3n) is 6.46. The van der Waals surface area contributed by atoms with Gasteiger partial charge in [0, 0.05) is 19.6 Å². The molecule has 3 N–H and O–H groups in total. The summed E-state index contributed by atoms with van der Waals surface area (Å²) in [4.78, 5) is 44.0. The number of carboxylic acid groups (broad SMARTS) is 1. The molecule has 0 radical (unpaired) electrons. The van der Waals surface area contributed by atoms with Crippen molar-refractivity contribution in [2.45, 2.75) is 44.7 Å². The number of piperidine rings is 1. The zero-order valence-corrected chi connectivity index (χ0v) is 21.0. The number of unbranched alkanes of at least 4 members (excludes halogenated alkanes) is 1. The summed E-state index contributed by atoms with van der Waals surface area (Å²) in [5.74, 6) is -0.455. The first kappa shape index (κ1) is 25.8. The van der Waals surface area contributed by atoms with E-state index in [1.54, 1.807) is 0 Å². The molecule has 0 bridgehead atoms.